The summed E-state index contributed by atoms with van der Waals surface area (Å²) >= 11 is 1.34. The molecule has 0 saturated heterocycles. The second kappa shape index (κ2) is 10.4. The van der Waals surface area contributed by atoms with Crippen molar-refractivity contribution in [1.82, 2.24) is 20.6 Å². The predicted octanol–water partition coefficient (Wildman–Crippen LogP) is 3.24. The SMILES string of the molecule is CCOC(=O)c1sc(C(C)NC(=NC)NCc2ccc(OCC3CC3)nc2)nc1C. The molecule has 0 aromatic carbocycles. The summed E-state index contributed by atoms with van der Waals surface area (Å²) in [6, 6.07) is 3.78. The van der Waals surface area contributed by atoms with Crippen LogP contribution in [-0.2, 0) is 11.3 Å². The average molecular weight is 432 g/mol. The van der Waals surface area contributed by atoms with Crippen molar-refractivity contribution >= 4 is 23.3 Å². The van der Waals surface area contributed by atoms with E-state index in [0.717, 1.165) is 17.2 Å². The zero-order valence-corrected chi connectivity index (χ0v) is 18.7. The number of thiazole rings is 1. The number of aryl methyl sites for hydroxylation is 1. The molecule has 2 aromatic rings. The highest BCUT2D eigenvalue weighted by molar-refractivity contribution is 7.13. The molecule has 0 aliphatic heterocycles. The molecule has 0 radical (unpaired) electrons. The van der Waals surface area contributed by atoms with Gasteiger partial charge in [0, 0.05) is 25.9 Å². The van der Waals surface area contributed by atoms with Gasteiger partial charge in [-0.15, -0.1) is 11.3 Å². The molecule has 0 bridgehead atoms. The largest absolute Gasteiger partial charge is 0.477 e. The molecule has 8 nitrogen and oxygen atoms in total. The molecular weight excluding hydrogens is 402 g/mol. The van der Waals surface area contributed by atoms with Gasteiger partial charge in [-0.2, -0.15) is 0 Å². The lowest BCUT2D eigenvalue weighted by molar-refractivity contribution is 0.0531. The summed E-state index contributed by atoms with van der Waals surface area (Å²) in [6.07, 6.45) is 4.33. The fourth-order valence-electron chi connectivity index (χ4n) is 2.72. The lowest BCUT2D eigenvalue weighted by Crippen LogP contribution is -2.38. The molecule has 162 valence electrons. The van der Waals surface area contributed by atoms with Crippen molar-refractivity contribution in [3.05, 3.63) is 39.5 Å². The third kappa shape index (κ3) is 6.16. The highest BCUT2D eigenvalue weighted by Gasteiger charge is 2.22. The fraction of sp³-hybridized carbons (Fsp3) is 0.524. The highest BCUT2D eigenvalue weighted by atomic mass is 32.1. The van der Waals surface area contributed by atoms with Gasteiger partial charge in [0.15, 0.2) is 5.96 Å². The van der Waals surface area contributed by atoms with Crippen LogP contribution in [0.3, 0.4) is 0 Å². The number of pyridine rings is 1. The molecule has 0 amide bonds. The van der Waals surface area contributed by atoms with Crippen molar-refractivity contribution in [1.29, 1.82) is 0 Å². The molecule has 1 fully saturated rings. The van der Waals surface area contributed by atoms with E-state index in [-0.39, 0.29) is 12.0 Å². The van der Waals surface area contributed by atoms with Crippen LogP contribution in [0.1, 0.15) is 58.7 Å². The molecule has 1 aliphatic carbocycles. The Morgan fingerprint density at radius 3 is 2.83 bits per heavy atom. The van der Waals surface area contributed by atoms with Crippen molar-refractivity contribution in [3.63, 3.8) is 0 Å². The lowest BCUT2D eigenvalue weighted by atomic mass is 10.3. The van der Waals surface area contributed by atoms with E-state index in [4.69, 9.17) is 9.47 Å². The molecule has 1 aliphatic rings. The number of carbonyl (C=O) groups is 1. The van der Waals surface area contributed by atoms with Crippen LogP contribution in [-0.4, -0.2) is 42.2 Å². The van der Waals surface area contributed by atoms with E-state index in [1.54, 1.807) is 14.0 Å². The average Bonchev–Trinajstić information content (AvgIpc) is 3.49. The summed E-state index contributed by atoms with van der Waals surface area (Å²) in [5, 5.41) is 7.38. The van der Waals surface area contributed by atoms with Gasteiger partial charge in [-0.3, -0.25) is 4.99 Å². The van der Waals surface area contributed by atoms with E-state index in [0.29, 0.717) is 41.5 Å². The summed E-state index contributed by atoms with van der Waals surface area (Å²) in [5.74, 6) is 1.69. The number of rotatable bonds is 9. The topological polar surface area (TPSA) is 97.7 Å². The van der Waals surface area contributed by atoms with Crippen LogP contribution in [0.4, 0.5) is 0 Å². The van der Waals surface area contributed by atoms with Crippen molar-refractivity contribution < 1.29 is 14.3 Å². The zero-order chi connectivity index (χ0) is 21.5. The first-order chi connectivity index (χ1) is 14.5. The minimum absolute atomic E-state index is 0.112. The third-order valence-electron chi connectivity index (χ3n) is 4.64. The smallest absolute Gasteiger partial charge is 0.350 e. The number of aromatic nitrogens is 2. The number of ether oxygens (including phenoxy) is 2. The van der Waals surface area contributed by atoms with Crippen LogP contribution in [0.15, 0.2) is 23.3 Å². The number of nitrogens with one attached hydrogen (secondary N) is 2. The summed E-state index contributed by atoms with van der Waals surface area (Å²) in [7, 11) is 1.71. The Kier molecular flexibility index (Phi) is 7.62. The second-order valence-electron chi connectivity index (χ2n) is 7.24. The number of hydrogen-bond donors (Lipinski definition) is 2. The van der Waals surface area contributed by atoms with Crippen LogP contribution in [0.2, 0.25) is 0 Å². The Morgan fingerprint density at radius 1 is 1.40 bits per heavy atom. The van der Waals surface area contributed by atoms with Crippen molar-refractivity contribution in [2.24, 2.45) is 10.9 Å². The first kappa shape index (κ1) is 22.0. The minimum Gasteiger partial charge on any atom is -0.477 e. The maximum absolute atomic E-state index is 12.0. The maximum Gasteiger partial charge on any atom is 0.350 e. The molecule has 9 heteroatoms. The van der Waals surface area contributed by atoms with Crippen LogP contribution in [0.5, 0.6) is 5.88 Å². The van der Waals surface area contributed by atoms with Gasteiger partial charge in [-0.1, -0.05) is 6.07 Å². The number of nitrogens with zero attached hydrogens (tertiary/aromatic N) is 3. The number of guanidine groups is 1. The Morgan fingerprint density at radius 2 is 2.20 bits per heavy atom. The number of esters is 1. The summed E-state index contributed by atoms with van der Waals surface area (Å²) in [4.78, 5) is 25.7. The standard InChI is InChI=1S/C21H29N5O3S/c1-5-28-20(27)18-13(2)25-19(30-18)14(3)26-21(22-4)24-11-16-8-9-17(23-10-16)29-12-15-6-7-15/h8-10,14-15H,5-7,11-12H2,1-4H3,(H2,22,24,26). The quantitative estimate of drug-likeness (QED) is 0.357. The first-order valence-corrected chi connectivity index (χ1v) is 11.0. The Balaban J connectivity index is 1.51. The third-order valence-corrected chi connectivity index (χ3v) is 5.96. The van der Waals surface area contributed by atoms with E-state index in [1.807, 2.05) is 32.2 Å². The van der Waals surface area contributed by atoms with Gasteiger partial charge in [-0.25, -0.2) is 14.8 Å². The number of aliphatic imine (C=N–C) groups is 1. The normalized spacial score (nSPS) is 14.9. The van der Waals surface area contributed by atoms with Crippen molar-refractivity contribution in [2.45, 2.75) is 46.2 Å². The van der Waals surface area contributed by atoms with E-state index in [1.165, 1.54) is 24.2 Å². The molecule has 3 rings (SSSR count). The van der Waals surface area contributed by atoms with Gasteiger partial charge >= 0.3 is 5.97 Å². The number of carbonyl (C=O) groups excluding carboxylic acids is 1. The van der Waals surface area contributed by atoms with Crippen molar-refractivity contribution in [2.75, 3.05) is 20.3 Å². The van der Waals surface area contributed by atoms with E-state index < -0.39 is 0 Å². The zero-order valence-electron chi connectivity index (χ0n) is 17.9. The molecule has 2 N–H and O–H groups in total. The molecular formula is C21H29N5O3S. The van der Waals surface area contributed by atoms with Gasteiger partial charge in [-0.05, 0) is 45.1 Å². The Bertz CT molecular complexity index is 877. The number of hydrogen-bond acceptors (Lipinski definition) is 7. The highest BCUT2D eigenvalue weighted by Crippen LogP contribution is 2.29. The molecule has 2 aromatic heterocycles. The molecule has 1 saturated carbocycles. The molecule has 0 spiro atoms. The predicted molar refractivity (Wildman–Crippen MR) is 117 cm³/mol. The van der Waals surface area contributed by atoms with E-state index in [9.17, 15) is 4.79 Å². The lowest BCUT2D eigenvalue weighted by Gasteiger charge is -2.16. The summed E-state index contributed by atoms with van der Waals surface area (Å²) < 4.78 is 10.8. The van der Waals surface area contributed by atoms with Gasteiger partial charge in [0.1, 0.15) is 9.88 Å². The van der Waals surface area contributed by atoms with Crippen molar-refractivity contribution in [3.8, 4) is 5.88 Å². The minimum atomic E-state index is -0.328. The molecule has 30 heavy (non-hydrogen) atoms. The van der Waals surface area contributed by atoms with E-state index in [2.05, 4.69) is 25.6 Å². The van der Waals surface area contributed by atoms with E-state index >= 15 is 0 Å². The Labute approximate surface area is 181 Å². The Hall–Kier alpha value is -2.68. The van der Waals surface area contributed by atoms with Crippen LogP contribution in [0, 0.1) is 12.8 Å². The van der Waals surface area contributed by atoms with Gasteiger partial charge in [0.25, 0.3) is 0 Å². The first-order valence-electron chi connectivity index (χ1n) is 10.2. The second-order valence-corrected chi connectivity index (χ2v) is 8.27. The van der Waals surface area contributed by atoms with Crippen LogP contribution >= 0.6 is 11.3 Å². The van der Waals surface area contributed by atoms with Crippen LogP contribution in [0.25, 0.3) is 0 Å². The monoisotopic (exact) mass is 431 g/mol. The molecule has 2 heterocycles. The fourth-order valence-corrected chi connectivity index (χ4v) is 3.69. The summed E-state index contributed by atoms with van der Waals surface area (Å²) in [5.41, 5.74) is 1.71. The van der Waals surface area contributed by atoms with Gasteiger partial charge in [0.05, 0.1) is 24.9 Å². The molecule has 1 unspecified atom stereocenters. The van der Waals surface area contributed by atoms with Gasteiger partial charge < -0.3 is 20.1 Å². The summed E-state index contributed by atoms with van der Waals surface area (Å²) in [6.45, 7) is 7.27. The van der Waals surface area contributed by atoms with Gasteiger partial charge in [0.2, 0.25) is 5.88 Å². The maximum atomic E-state index is 12.0. The van der Waals surface area contributed by atoms with Crippen LogP contribution < -0.4 is 15.4 Å². The molecule has 1 atom stereocenters.